The minimum Gasteiger partial charge on any atom is -0.454 e. The Bertz CT molecular complexity index is 1170. The molecule has 0 unspecified atom stereocenters. The maximum atomic E-state index is 13.3. The molecule has 2 aliphatic rings. The molecule has 5 rings (SSSR count). The number of rotatable bonds is 8. The van der Waals surface area contributed by atoms with Crippen LogP contribution in [0.1, 0.15) is 42.4 Å². The van der Waals surface area contributed by atoms with Crippen LogP contribution in [0.15, 0.2) is 72.8 Å². The summed E-state index contributed by atoms with van der Waals surface area (Å²) in [6.45, 7) is 1.20. The molecule has 1 saturated carbocycles. The van der Waals surface area contributed by atoms with Gasteiger partial charge in [-0.25, -0.2) is 0 Å². The second-order valence-electron chi connectivity index (χ2n) is 9.20. The van der Waals surface area contributed by atoms with Gasteiger partial charge in [-0.05, 0) is 53.8 Å². The Morgan fingerprint density at radius 1 is 0.829 bits per heavy atom. The summed E-state index contributed by atoms with van der Waals surface area (Å²) in [6.07, 6.45) is 4.45. The fourth-order valence-corrected chi connectivity index (χ4v) is 4.75. The van der Waals surface area contributed by atoms with Crippen LogP contribution >= 0.6 is 0 Å². The summed E-state index contributed by atoms with van der Waals surface area (Å²) in [6, 6.07) is 23.5. The predicted molar refractivity (Wildman–Crippen MR) is 134 cm³/mol. The molecule has 0 spiro atoms. The van der Waals surface area contributed by atoms with E-state index in [-0.39, 0.29) is 30.9 Å². The minimum atomic E-state index is -0.0569. The highest BCUT2D eigenvalue weighted by atomic mass is 16.7. The molecule has 0 bridgehead atoms. The molecule has 3 aromatic carbocycles. The lowest BCUT2D eigenvalue weighted by Crippen LogP contribution is -2.35. The number of fused-ring (bicyclic) bond motifs is 1. The molecule has 0 radical (unpaired) electrons. The summed E-state index contributed by atoms with van der Waals surface area (Å²) in [4.78, 5) is 27.8. The Morgan fingerprint density at radius 3 is 2.31 bits per heavy atom. The molecule has 0 atom stereocenters. The smallest absolute Gasteiger partial charge is 0.231 e. The van der Waals surface area contributed by atoms with Crippen molar-refractivity contribution in [3.05, 3.63) is 89.5 Å². The molecule has 1 fully saturated rings. The quantitative estimate of drug-likeness (QED) is 0.503. The summed E-state index contributed by atoms with van der Waals surface area (Å²) in [5, 5.41) is 2.96. The molecular weight excluding hydrogens is 440 g/mol. The summed E-state index contributed by atoms with van der Waals surface area (Å²) in [7, 11) is 0. The first kappa shape index (κ1) is 23.0. The lowest BCUT2D eigenvalue weighted by Gasteiger charge is -2.26. The maximum absolute atomic E-state index is 13.3. The molecule has 0 saturated heterocycles. The SMILES string of the molecule is O=C(Cc1ccc(N(Cc2ccccc2)C(=O)C2CCCC2)cc1)NCc1ccc2c(c1)OCO2. The molecular formula is C29H30N2O4. The van der Waals surface area contributed by atoms with Gasteiger partial charge in [-0.3, -0.25) is 9.59 Å². The van der Waals surface area contributed by atoms with E-state index >= 15 is 0 Å². The molecule has 1 N–H and O–H groups in total. The number of benzene rings is 3. The van der Waals surface area contributed by atoms with Gasteiger partial charge >= 0.3 is 0 Å². The number of nitrogens with one attached hydrogen (secondary N) is 1. The number of anilines is 1. The Hall–Kier alpha value is -3.80. The van der Waals surface area contributed by atoms with Gasteiger partial charge in [0.1, 0.15) is 0 Å². The molecule has 180 valence electrons. The highest BCUT2D eigenvalue weighted by molar-refractivity contribution is 5.95. The zero-order chi connectivity index (χ0) is 24.0. The van der Waals surface area contributed by atoms with Crippen molar-refractivity contribution in [2.45, 2.75) is 45.2 Å². The third-order valence-corrected chi connectivity index (χ3v) is 6.69. The molecule has 2 amide bonds. The van der Waals surface area contributed by atoms with Crippen LogP contribution in [-0.4, -0.2) is 18.6 Å². The van der Waals surface area contributed by atoms with E-state index in [1.54, 1.807) is 0 Å². The summed E-state index contributed by atoms with van der Waals surface area (Å²) < 4.78 is 10.7. The molecule has 1 aliphatic heterocycles. The number of ether oxygens (including phenoxy) is 2. The van der Waals surface area contributed by atoms with Crippen molar-refractivity contribution in [3.8, 4) is 11.5 Å². The summed E-state index contributed by atoms with van der Waals surface area (Å²) in [5.74, 6) is 1.67. The van der Waals surface area contributed by atoms with Gasteiger partial charge in [0.25, 0.3) is 0 Å². The van der Waals surface area contributed by atoms with Crippen molar-refractivity contribution in [3.63, 3.8) is 0 Å². The molecule has 0 aromatic heterocycles. The zero-order valence-electron chi connectivity index (χ0n) is 19.7. The third kappa shape index (κ3) is 5.65. The zero-order valence-corrected chi connectivity index (χ0v) is 19.7. The van der Waals surface area contributed by atoms with Crippen LogP contribution in [0.4, 0.5) is 5.69 Å². The number of hydrogen-bond acceptors (Lipinski definition) is 4. The van der Waals surface area contributed by atoms with Crippen LogP contribution in [0.2, 0.25) is 0 Å². The van der Waals surface area contributed by atoms with Crippen molar-refractivity contribution < 1.29 is 19.1 Å². The Labute approximate surface area is 205 Å². The number of carbonyl (C=O) groups is 2. The van der Waals surface area contributed by atoms with Gasteiger partial charge in [0.05, 0.1) is 13.0 Å². The standard InChI is InChI=1S/C29H30N2O4/c32-28(30-18-23-12-15-26-27(16-23)35-20-34-26)17-21-10-13-25(14-11-21)31(19-22-6-2-1-3-7-22)29(33)24-8-4-5-9-24/h1-3,6-7,10-16,24H,4-5,8-9,17-20H2,(H,30,32). The van der Waals surface area contributed by atoms with Crippen LogP contribution in [0.3, 0.4) is 0 Å². The summed E-state index contributed by atoms with van der Waals surface area (Å²) >= 11 is 0. The first-order valence-electron chi connectivity index (χ1n) is 12.3. The number of nitrogens with zero attached hydrogens (tertiary/aromatic N) is 1. The first-order chi connectivity index (χ1) is 17.2. The Morgan fingerprint density at radius 2 is 1.54 bits per heavy atom. The average Bonchev–Trinajstić information content (AvgIpc) is 3.59. The van der Waals surface area contributed by atoms with Crippen LogP contribution in [0.25, 0.3) is 0 Å². The fourth-order valence-electron chi connectivity index (χ4n) is 4.75. The minimum absolute atomic E-state index is 0.0569. The van der Waals surface area contributed by atoms with Crippen molar-refractivity contribution in [2.24, 2.45) is 5.92 Å². The highest BCUT2D eigenvalue weighted by Crippen LogP contribution is 2.32. The second-order valence-corrected chi connectivity index (χ2v) is 9.20. The van der Waals surface area contributed by atoms with Gasteiger partial charge in [-0.15, -0.1) is 0 Å². The molecule has 35 heavy (non-hydrogen) atoms. The van der Waals surface area contributed by atoms with Crippen molar-refractivity contribution in [1.82, 2.24) is 5.32 Å². The van der Waals surface area contributed by atoms with E-state index in [0.717, 1.165) is 53.8 Å². The lowest BCUT2D eigenvalue weighted by atomic mass is 10.0. The second kappa shape index (κ2) is 10.6. The van der Waals surface area contributed by atoms with E-state index < -0.39 is 0 Å². The van der Waals surface area contributed by atoms with Crippen LogP contribution in [0, 0.1) is 5.92 Å². The molecule has 1 aliphatic carbocycles. The van der Waals surface area contributed by atoms with Crippen LogP contribution < -0.4 is 19.7 Å². The first-order valence-corrected chi connectivity index (χ1v) is 12.3. The lowest BCUT2D eigenvalue weighted by molar-refractivity contribution is -0.122. The normalized spacial score (nSPS) is 14.6. The molecule has 6 nitrogen and oxygen atoms in total. The van der Waals surface area contributed by atoms with Crippen molar-refractivity contribution in [1.29, 1.82) is 0 Å². The van der Waals surface area contributed by atoms with E-state index in [1.165, 1.54) is 0 Å². The van der Waals surface area contributed by atoms with E-state index in [4.69, 9.17) is 9.47 Å². The van der Waals surface area contributed by atoms with Crippen molar-refractivity contribution in [2.75, 3.05) is 11.7 Å². The summed E-state index contributed by atoms with van der Waals surface area (Å²) in [5.41, 5.74) is 3.84. The van der Waals surface area contributed by atoms with Gasteiger partial charge in [0.2, 0.25) is 18.6 Å². The number of amides is 2. The van der Waals surface area contributed by atoms with E-state index in [1.807, 2.05) is 77.7 Å². The average molecular weight is 471 g/mol. The monoisotopic (exact) mass is 470 g/mol. The number of hydrogen-bond donors (Lipinski definition) is 1. The molecule has 6 heteroatoms. The van der Waals surface area contributed by atoms with Gasteiger partial charge in [0, 0.05) is 18.2 Å². The number of carbonyl (C=O) groups excluding carboxylic acids is 2. The molecule has 3 aromatic rings. The predicted octanol–water partition coefficient (Wildman–Crippen LogP) is 5.00. The largest absolute Gasteiger partial charge is 0.454 e. The van der Waals surface area contributed by atoms with E-state index in [2.05, 4.69) is 5.32 Å². The fraction of sp³-hybridized carbons (Fsp3) is 0.310. The Kier molecular flexibility index (Phi) is 6.98. The van der Waals surface area contributed by atoms with E-state index in [0.29, 0.717) is 18.8 Å². The van der Waals surface area contributed by atoms with Gasteiger partial charge in [0.15, 0.2) is 11.5 Å². The highest BCUT2D eigenvalue weighted by Gasteiger charge is 2.28. The van der Waals surface area contributed by atoms with Gasteiger partial charge < -0.3 is 19.7 Å². The Balaban J connectivity index is 1.22. The van der Waals surface area contributed by atoms with Crippen LogP contribution in [0.5, 0.6) is 11.5 Å². The third-order valence-electron chi connectivity index (χ3n) is 6.69. The van der Waals surface area contributed by atoms with E-state index in [9.17, 15) is 9.59 Å². The van der Waals surface area contributed by atoms with Crippen molar-refractivity contribution >= 4 is 17.5 Å². The maximum Gasteiger partial charge on any atom is 0.231 e. The van der Waals surface area contributed by atoms with Gasteiger partial charge in [-0.2, -0.15) is 0 Å². The van der Waals surface area contributed by atoms with Crippen LogP contribution in [-0.2, 0) is 29.1 Å². The topological polar surface area (TPSA) is 67.9 Å². The molecule has 1 heterocycles. The van der Waals surface area contributed by atoms with Gasteiger partial charge in [-0.1, -0.05) is 61.4 Å².